The Morgan fingerprint density at radius 1 is 1.10 bits per heavy atom. The van der Waals surface area contributed by atoms with Crippen molar-refractivity contribution in [3.63, 3.8) is 0 Å². The van der Waals surface area contributed by atoms with E-state index in [1.54, 1.807) is 0 Å². The lowest BCUT2D eigenvalue weighted by atomic mass is 9.75. The topological polar surface area (TPSA) is 49.4 Å². The Labute approximate surface area is 130 Å². The number of hydrogen-bond acceptors (Lipinski definition) is 4. The molecule has 2 rings (SSSR count). The third kappa shape index (κ3) is 3.99. The summed E-state index contributed by atoms with van der Waals surface area (Å²) in [5, 5.41) is 3.83. The van der Waals surface area contributed by atoms with Crippen LogP contribution in [0.3, 0.4) is 0 Å². The van der Waals surface area contributed by atoms with E-state index in [0.29, 0.717) is 6.54 Å². The van der Waals surface area contributed by atoms with Gasteiger partial charge in [-0.05, 0) is 25.7 Å². The molecule has 0 bridgehead atoms. The standard InChI is InChI=1S/C16H32N2O2S/c1-4-15(5-2)14-18(11-12-21(3,19)20)16(13-17-15)9-7-6-8-10-16/h17H,4-14H2,1-3H3. The van der Waals surface area contributed by atoms with Crippen molar-refractivity contribution in [3.05, 3.63) is 0 Å². The zero-order chi connectivity index (χ0) is 15.6. The lowest BCUT2D eigenvalue weighted by molar-refractivity contribution is -0.0175. The maximum atomic E-state index is 11.6. The van der Waals surface area contributed by atoms with E-state index in [0.717, 1.165) is 25.9 Å². The Bertz CT molecular complexity index is 437. The molecule has 0 atom stereocenters. The Kier molecular flexibility index (Phi) is 5.37. The van der Waals surface area contributed by atoms with Gasteiger partial charge in [-0.2, -0.15) is 0 Å². The molecule has 2 aliphatic rings. The summed E-state index contributed by atoms with van der Waals surface area (Å²) in [6.07, 6.45) is 9.89. The number of hydrogen-bond donors (Lipinski definition) is 1. The predicted molar refractivity (Wildman–Crippen MR) is 88.4 cm³/mol. The number of nitrogens with zero attached hydrogens (tertiary/aromatic N) is 1. The lowest BCUT2D eigenvalue weighted by Crippen LogP contribution is -2.70. The highest BCUT2D eigenvalue weighted by atomic mass is 32.2. The third-order valence-corrected chi connectivity index (χ3v) is 6.75. The highest BCUT2D eigenvalue weighted by Crippen LogP contribution is 2.38. The van der Waals surface area contributed by atoms with Crippen molar-refractivity contribution < 1.29 is 8.42 Å². The normalized spacial score (nSPS) is 26.0. The summed E-state index contributed by atoms with van der Waals surface area (Å²) in [4.78, 5) is 2.52. The fourth-order valence-electron chi connectivity index (χ4n) is 4.07. The molecule has 0 radical (unpaired) electrons. The number of rotatable bonds is 5. The summed E-state index contributed by atoms with van der Waals surface area (Å²) in [5.41, 5.74) is 0.372. The molecule has 1 heterocycles. The molecule has 2 fully saturated rings. The number of nitrogens with one attached hydrogen (secondary N) is 1. The van der Waals surface area contributed by atoms with Gasteiger partial charge in [-0.3, -0.25) is 4.90 Å². The van der Waals surface area contributed by atoms with Crippen molar-refractivity contribution in [3.8, 4) is 0 Å². The Hall–Kier alpha value is -0.130. The summed E-state index contributed by atoms with van der Waals surface area (Å²) in [5.74, 6) is 0.290. The molecule has 5 heteroatoms. The fraction of sp³-hybridized carbons (Fsp3) is 1.00. The van der Waals surface area contributed by atoms with Gasteiger partial charge in [0.05, 0.1) is 5.75 Å². The monoisotopic (exact) mass is 316 g/mol. The van der Waals surface area contributed by atoms with Crippen LogP contribution in [0.25, 0.3) is 0 Å². The zero-order valence-corrected chi connectivity index (χ0v) is 14.8. The van der Waals surface area contributed by atoms with Gasteiger partial charge in [-0.1, -0.05) is 33.1 Å². The van der Waals surface area contributed by atoms with Crippen molar-refractivity contribution in [2.45, 2.75) is 69.9 Å². The molecular weight excluding hydrogens is 284 g/mol. The maximum Gasteiger partial charge on any atom is 0.148 e. The molecule has 1 spiro atoms. The predicted octanol–water partition coefficient (Wildman–Crippen LogP) is 2.20. The van der Waals surface area contributed by atoms with E-state index in [1.807, 2.05) is 0 Å². The summed E-state index contributed by atoms with van der Waals surface area (Å²) >= 11 is 0. The molecule has 0 amide bonds. The van der Waals surface area contributed by atoms with Gasteiger partial charge in [0.15, 0.2) is 0 Å². The van der Waals surface area contributed by atoms with Gasteiger partial charge in [0, 0.05) is 37.0 Å². The van der Waals surface area contributed by atoms with E-state index in [-0.39, 0.29) is 16.8 Å². The second kappa shape index (κ2) is 6.55. The second-order valence-electron chi connectivity index (χ2n) is 7.18. The molecular formula is C16H32N2O2S. The molecule has 1 aliphatic heterocycles. The molecule has 4 nitrogen and oxygen atoms in total. The van der Waals surface area contributed by atoms with E-state index in [2.05, 4.69) is 24.1 Å². The van der Waals surface area contributed by atoms with Gasteiger partial charge in [0.2, 0.25) is 0 Å². The molecule has 0 aromatic heterocycles. The van der Waals surface area contributed by atoms with Crippen molar-refractivity contribution in [1.82, 2.24) is 10.2 Å². The molecule has 1 aliphatic carbocycles. The Balaban J connectivity index is 2.16. The average Bonchev–Trinajstić information content (AvgIpc) is 2.47. The summed E-state index contributed by atoms with van der Waals surface area (Å²) in [6.45, 7) is 7.20. The first-order valence-electron chi connectivity index (χ1n) is 8.53. The van der Waals surface area contributed by atoms with Crippen molar-refractivity contribution in [2.75, 3.05) is 31.6 Å². The number of piperazine rings is 1. The third-order valence-electron chi connectivity index (χ3n) is 5.83. The fourth-order valence-corrected chi connectivity index (χ4v) is 4.62. The van der Waals surface area contributed by atoms with E-state index in [9.17, 15) is 8.42 Å². The molecule has 1 saturated carbocycles. The van der Waals surface area contributed by atoms with E-state index >= 15 is 0 Å². The molecule has 0 aromatic carbocycles. The van der Waals surface area contributed by atoms with Gasteiger partial charge in [-0.15, -0.1) is 0 Å². The minimum absolute atomic E-state index is 0.167. The molecule has 1 saturated heterocycles. The van der Waals surface area contributed by atoms with Crippen LogP contribution in [0.1, 0.15) is 58.8 Å². The largest absolute Gasteiger partial charge is 0.308 e. The summed E-state index contributed by atoms with van der Waals surface area (Å²) in [7, 11) is -2.89. The van der Waals surface area contributed by atoms with Crippen LogP contribution in [0.4, 0.5) is 0 Å². The zero-order valence-electron chi connectivity index (χ0n) is 14.0. The Morgan fingerprint density at radius 2 is 1.71 bits per heavy atom. The summed E-state index contributed by atoms with van der Waals surface area (Å²) < 4.78 is 23.2. The lowest BCUT2D eigenvalue weighted by Gasteiger charge is -2.56. The average molecular weight is 317 g/mol. The molecule has 124 valence electrons. The van der Waals surface area contributed by atoms with Gasteiger partial charge in [0.1, 0.15) is 9.84 Å². The first kappa shape index (κ1) is 17.2. The van der Waals surface area contributed by atoms with Crippen LogP contribution in [0.2, 0.25) is 0 Å². The van der Waals surface area contributed by atoms with Crippen LogP contribution in [0, 0.1) is 0 Å². The Morgan fingerprint density at radius 3 is 2.24 bits per heavy atom. The quantitative estimate of drug-likeness (QED) is 0.845. The van der Waals surface area contributed by atoms with E-state index < -0.39 is 9.84 Å². The first-order valence-corrected chi connectivity index (χ1v) is 10.6. The van der Waals surface area contributed by atoms with Gasteiger partial charge in [0.25, 0.3) is 0 Å². The van der Waals surface area contributed by atoms with Crippen LogP contribution in [-0.2, 0) is 9.84 Å². The summed E-state index contributed by atoms with van der Waals surface area (Å²) in [6, 6.07) is 0. The van der Waals surface area contributed by atoms with E-state index in [1.165, 1.54) is 38.4 Å². The molecule has 0 unspecified atom stereocenters. The van der Waals surface area contributed by atoms with Crippen molar-refractivity contribution in [2.24, 2.45) is 0 Å². The van der Waals surface area contributed by atoms with Gasteiger partial charge in [-0.25, -0.2) is 8.42 Å². The highest BCUT2D eigenvalue weighted by molar-refractivity contribution is 7.90. The van der Waals surface area contributed by atoms with E-state index in [4.69, 9.17) is 0 Å². The smallest absolute Gasteiger partial charge is 0.148 e. The highest BCUT2D eigenvalue weighted by Gasteiger charge is 2.46. The van der Waals surface area contributed by atoms with Crippen LogP contribution >= 0.6 is 0 Å². The van der Waals surface area contributed by atoms with Crippen LogP contribution in [0.5, 0.6) is 0 Å². The van der Waals surface area contributed by atoms with Crippen LogP contribution in [0.15, 0.2) is 0 Å². The molecule has 21 heavy (non-hydrogen) atoms. The van der Waals surface area contributed by atoms with Crippen molar-refractivity contribution in [1.29, 1.82) is 0 Å². The van der Waals surface area contributed by atoms with Crippen LogP contribution < -0.4 is 5.32 Å². The van der Waals surface area contributed by atoms with Gasteiger partial charge < -0.3 is 5.32 Å². The molecule has 0 aromatic rings. The maximum absolute atomic E-state index is 11.6. The SMILES string of the molecule is CCC1(CC)CN(CCS(C)(=O)=O)C2(CCCCC2)CN1. The molecule has 1 N–H and O–H groups in total. The van der Waals surface area contributed by atoms with Crippen LogP contribution in [-0.4, -0.2) is 56.0 Å². The second-order valence-corrected chi connectivity index (χ2v) is 9.44. The minimum Gasteiger partial charge on any atom is -0.308 e. The minimum atomic E-state index is -2.89. The van der Waals surface area contributed by atoms with Gasteiger partial charge >= 0.3 is 0 Å². The van der Waals surface area contributed by atoms with Crippen molar-refractivity contribution >= 4 is 9.84 Å². The number of sulfone groups is 1. The first-order chi connectivity index (χ1) is 9.85.